The van der Waals surface area contributed by atoms with Gasteiger partial charge in [-0.15, -0.1) is 0 Å². The third-order valence-corrected chi connectivity index (χ3v) is 2.47. The summed E-state index contributed by atoms with van der Waals surface area (Å²) in [6.45, 7) is 1.79. The Labute approximate surface area is 100 Å². The van der Waals surface area contributed by atoms with Gasteiger partial charge >= 0.3 is 6.18 Å². The zero-order valence-electron chi connectivity index (χ0n) is 9.38. The summed E-state index contributed by atoms with van der Waals surface area (Å²) in [6, 6.07) is 3.89. The summed E-state index contributed by atoms with van der Waals surface area (Å²) in [5.41, 5.74) is -1.19. The maximum absolute atomic E-state index is 12.9. The van der Waals surface area contributed by atoms with E-state index in [1.807, 2.05) is 0 Å². The van der Waals surface area contributed by atoms with Crippen LogP contribution in [0.25, 0.3) is 11.3 Å². The Hall–Kier alpha value is -1.85. The molecule has 0 unspecified atom stereocenters. The van der Waals surface area contributed by atoms with Crippen molar-refractivity contribution in [3.8, 4) is 11.3 Å². The van der Waals surface area contributed by atoms with Gasteiger partial charge < -0.3 is 4.52 Å². The lowest BCUT2D eigenvalue weighted by Crippen LogP contribution is -2.07. The van der Waals surface area contributed by atoms with E-state index in [1.54, 1.807) is 6.92 Å². The van der Waals surface area contributed by atoms with Gasteiger partial charge in [-0.2, -0.15) is 13.2 Å². The second-order valence-electron chi connectivity index (χ2n) is 3.72. The molecule has 2 rings (SSSR count). The van der Waals surface area contributed by atoms with E-state index in [0.717, 1.165) is 12.1 Å². The van der Waals surface area contributed by atoms with Crippen LogP contribution in [-0.2, 0) is 12.6 Å². The molecule has 0 saturated carbocycles. The van der Waals surface area contributed by atoms with Crippen molar-refractivity contribution in [1.29, 1.82) is 0 Å². The molecule has 6 heteroatoms. The molecule has 0 N–H and O–H groups in total. The number of benzene rings is 1. The molecule has 0 spiro atoms. The van der Waals surface area contributed by atoms with Crippen LogP contribution in [-0.4, -0.2) is 5.16 Å². The minimum atomic E-state index is -4.64. The molecular weight excluding hydrogens is 250 g/mol. The van der Waals surface area contributed by atoms with Crippen molar-refractivity contribution >= 4 is 0 Å². The molecule has 96 valence electrons. The van der Waals surface area contributed by atoms with E-state index >= 15 is 0 Å². The van der Waals surface area contributed by atoms with Gasteiger partial charge in [0.2, 0.25) is 0 Å². The zero-order chi connectivity index (χ0) is 13.3. The molecule has 0 aliphatic heterocycles. The molecule has 0 fully saturated rings. The van der Waals surface area contributed by atoms with Crippen molar-refractivity contribution in [2.24, 2.45) is 0 Å². The highest BCUT2D eigenvalue weighted by Crippen LogP contribution is 2.37. The molecular formula is C12H9F4NO. The first-order valence-corrected chi connectivity index (χ1v) is 5.24. The predicted octanol–water partition coefficient (Wildman–Crippen LogP) is 4.06. The van der Waals surface area contributed by atoms with Gasteiger partial charge in [-0.25, -0.2) is 4.39 Å². The van der Waals surface area contributed by atoms with Crippen LogP contribution >= 0.6 is 0 Å². The van der Waals surface area contributed by atoms with Crippen LogP contribution in [0.4, 0.5) is 17.6 Å². The van der Waals surface area contributed by atoms with Crippen molar-refractivity contribution in [3.63, 3.8) is 0 Å². The number of rotatable bonds is 2. The average molecular weight is 259 g/mol. The highest BCUT2D eigenvalue weighted by Gasteiger charge is 2.34. The van der Waals surface area contributed by atoms with E-state index in [4.69, 9.17) is 4.52 Å². The van der Waals surface area contributed by atoms with Gasteiger partial charge in [-0.05, 0) is 18.2 Å². The first-order valence-electron chi connectivity index (χ1n) is 5.24. The molecule has 0 aliphatic carbocycles. The number of hydrogen-bond acceptors (Lipinski definition) is 2. The number of halogens is 4. The van der Waals surface area contributed by atoms with Crippen molar-refractivity contribution in [1.82, 2.24) is 5.16 Å². The van der Waals surface area contributed by atoms with E-state index in [2.05, 4.69) is 5.16 Å². The van der Waals surface area contributed by atoms with Gasteiger partial charge in [0.15, 0.2) is 0 Å². The summed E-state index contributed by atoms with van der Waals surface area (Å²) in [5.74, 6) is -0.465. The summed E-state index contributed by atoms with van der Waals surface area (Å²) in [7, 11) is 0. The third kappa shape index (κ3) is 2.37. The largest absolute Gasteiger partial charge is 0.417 e. The van der Waals surface area contributed by atoms with Crippen LogP contribution in [0.15, 0.2) is 28.8 Å². The fourth-order valence-corrected chi connectivity index (χ4v) is 1.58. The number of aryl methyl sites for hydroxylation is 1. The van der Waals surface area contributed by atoms with Gasteiger partial charge in [0.25, 0.3) is 0 Å². The number of aromatic nitrogens is 1. The normalized spacial score (nSPS) is 11.8. The van der Waals surface area contributed by atoms with E-state index in [-0.39, 0.29) is 11.3 Å². The number of alkyl halides is 3. The molecule has 0 amide bonds. The monoisotopic (exact) mass is 259 g/mol. The van der Waals surface area contributed by atoms with Crippen LogP contribution in [0.1, 0.15) is 18.2 Å². The molecule has 2 nitrogen and oxygen atoms in total. The molecule has 18 heavy (non-hydrogen) atoms. The topological polar surface area (TPSA) is 26.0 Å². The molecule has 0 atom stereocenters. The van der Waals surface area contributed by atoms with E-state index in [1.165, 1.54) is 6.07 Å². The second-order valence-corrected chi connectivity index (χ2v) is 3.72. The first-order chi connectivity index (χ1) is 8.41. The Bertz CT molecular complexity index is 559. The molecule has 0 radical (unpaired) electrons. The van der Waals surface area contributed by atoms with Crippen molar-refractivity contribution in [2.45, 2.75) is 19.5 Å². The van der Waals surface area contributed by atoms with Crippen LogP contribution < -0.4 is 0 Å². The molecule has 0 saturated heterocycles. The Morgan fingerprint density at radius 1 is 1.22 bits per heavy atom. The van der Waals surface area contributed by atoms with E-state index < -0.39 is 17.6 Å². The summed E-state index contributed by atoms with van der Waals surface area (Å²) >= 11 is 0. The lowest BCUT2D eigenvalue weighted by atomic mass is 10.0. The number of hydrogen-bond donors (Lipinski definition) is 0. The first kappa shape index (κ1) is 12.6. The zero-order valence-corrected chi connectivity index (χ0v) is 9.38. The van der Waals surface area contributed by atoms with Gasteiger partial charge in [0, 0.05) is 18.1 Å². The Morgan fingerprint density at radius 3 is 2.50 bits per heavy atom. The maximum atomic E-state index is 12.9. The summed E-state index contributed by atoms with van der Waals surface area (Å²) < 4.78 is 56.1. The fraction of sp³-hybridized carbons (Fsp3) is 0.250. The Morgan fingerprint density at radius 2 is 1.94 bits per heavy atom. The van der Waals surface area contributed by atoms with Gasteiger partial charge in [0.1, 0.15) is 17.3 Å². The summed E-state index contributed by atoms with van der Waals surface area (Å²) in [5, 5.41) is 3.56. The van der Waals surface area contributed by atoms with Crippen LogP contribution in [0.5, 0.6) is 0 Å². The van der Waals surface area contributed by atoms with Gasteiger partial charge in [-0.1, -0.05) is 12.1 Å². The molecule has 0 bridgehead atoms. The van der Waals surface area contributed by atoms with E-state index in [9.17, 15) is 17.6 Å². The predicted molar refractivity (Wildman–Crippen MR) is 56.3 cm³/mol. The quantitative estimate of drug-likeness (QED) is 0.760. The van der Waals surface area contributed by atoms with Crippen LogP contribution in [0.2, 0.25) is 0 Å². The minimum Gasteiger partial charge on any atom is -0.361 e. The van der Waals surface area contributed by atoms with Gasteiger partial charge in [-0.3, -0.25) is 0 Å². The molecule has 1 aromatic carbocycles. The summed E-state index contributed by atoms with van der Waals surface area (Å²) in [6.07, 6.45) is -4.11. The Kier molecular flexibility index (Phi) is 3.11. The lowest BCUT2D eigenvalue weighted by molar-refractivity contribution is -0.137. The van der Waals surface area contributed by atoms with Crippen LogP contribution in [0.3, 0.4) is 0 Å². The molecule has 1 heterocycles. The SMILES string of the molecule is CCc1cc(-c2ccc(F)cc2C(F)(F)F)no1. The van der Waals surface area contributed by atoms with Crippen molar-refractivity contribution in [3.05, 3.63) is 41.4 Å². The van der Waals surface area contributed by atoms with Gasteiger partial charge in [0.05, 0.1) is 5.56 Å². The standard InChI is InChI=1S/C12H9F4NO/c1-2-8-6-11(17-18-8)9-4-3-7(13)5-10(9)12(14,15)16/h3-6H,2H2,1H3. The second kappa shape index (κ2) is 4.44. The van der Waals surface area contributed by atoms with E-state index in [0.29, 0.717) is 18.2 Å². The smallest absolute Gasteiger partial charge is 0.361 e. The highest BCUT2D eigenvalue weighted by atomic mass is 19.4. The summed E-state index contributed by atoms with van der Waals surface area (Å²) in [4.78, 5) is 0. The van der Waals surface area contributed by atoms with Crippen LogP contribution in [0, 0.1) is 5.82 Å². The van der Waals surface area contributed by atoms with Crippen molar-refractivity contribution < 1.29 is 22.1 Å². The fourth-order valence-electron chi connectivity index (χ4n) is 1.58. The highest BCUT2D eigenvalue weighted by molar-refractivity contribution is 5.64. The molecule has 2 aromatic rings. The average Bonchev–Trinajstić information content (AvgIpc) is 2.76. The van der Waals surface area contributed by atoms with Crippen molar-refractivity contribution in [2.75, 3.05) is 0 Å². The number of nitrogens with zero attached hydrogens (tertiary/aromatic N) is 1. The maximum Gasteiger partial charge on any atom is 0.417 e. The minimum absolute atomic E-state index is 0.0548. The molecule has 0 aliphatic rings. The molecule has 1 aromatic heterocycles. The third-order valence-electron chi connectivity index (χ3n) is 2.47. The Balaban J connectivity index is 2.56. The lowest BCUT2D eigenvalue weighted by Gasteiger charge is -2.10.